The number of aromatic nitrogens is 2. The normalized spacial score (nSPS) is 15.9. The van der Waals surface area contributed by atoms with Crippen LogP contribution in [0.4, 0.5) is 22.1 Å². The summed E-state index contributed by atoms with van der Waals surface area (Å²) in [4.78, 5) is 34.7. The Kier molecular flexibility index (Phi) is 7.02. The molecular weight excluding hydrogens is 456 g/mol. The van der Waals surface area contributed by atoms with Gasteiger partial charge in [-0.25, -0.2) is 27.9 Å². The summed E-state index contributed by atoms with van der Waals surface area (Å²) in [5.74, 6) is -0.614. The predicted molar refractivity (Wildman–Crippen MR) is 128 cm³/mol. The molecule has 0 bridgehead atoms. The van der Waals surface area contributed by atoms with Gasteiger partial charge < -0.3 is 15.5 Å². The van der Waals surface area contributed by atoms with Crippen molar-refractivity contribution in [3.63, 3.8) is 0 Å². The van der Waals surface area contributed by atoms with E-state index < -0.39 is 10.0 Å². The van der Waals surface area contributed by atoms with E-state index in [0.717, 1.165) is 0 Å². The van der Waals surface area contributed by atoms with Crippen LogP contribution in [0.5, 0.6) is 0 Å². The lowest BCUT2D eigenvalue weighted by Gasteiger charge is -2.32. The average molecular weight is 481 g/mol. The third kappa shape index (κ3) is 5.87. The van der Waals surface area contributed by atoms with Crippen molar-refractivity contribution in [3.8, 4) is 0 Å². The quantitative estimate of drug-likeness (QED) is 0.496. The smallest absolute Gasteiger partial charge is 0.321 e. The first-order valence-corrected chi connectivity index (χ1v) is 12.2. The fourth-order valence-corrected chi connectivity index (χ4v) is 4.55. The third-order valence-electron chi connectivity index (χ3n) is 5.33. The number of piperidine rings is 1. The molecule has 3 N–H and O–H groups in total. The number of hydrogen-bond donors (Lipinski definition) is 3. The predicted octanol–water partition coefficient (Wildman–Crippen LogP) is 3.16. The van der Waals surface area contributed by atoms with Gasteiger partial charge in [-0.05, 0) is 55.3 Å². The summed E-state index contributed by atoms with van der Waals surface area (Å²) in [5.41, 5.74) is 1.16. The summed E-state index contributed by atoms with van der Waals surface area (Å²) in [7, 11) is -3.86. The lowest BCUT2D eigenvalue weighted by atomic mass is 9.97. The lowest BCUT2D eigenvalue weighted by molar-refractivity contribution is -0.121. The first-order chi connectivity index (χ1) is 16.4. The van der Waals surface area contributed by atoms with Crippen LogP contribution < -0.4 is 15.4 Å². The molecule has 11 heteroatoms. The molecule has 4 rings (SSSR count). The van der Waals surface area contributed by atoms with Gasteiger partial charge in [-0.15, -0.1) is 0 Å². The second-order valence-corrected chi connectivity index (χ2v) is 9.46. The van der Waals surface area contributed by atoms with Crippen molar-refractivity contribution in [2.45, 2.75) is 17.7 Å². The Morgan fingerprint density at radius 2 is 1.56 bits per heavy atom. The van der Waals surface area contributed by atoms with Crippen molar-refractivity contribution in [3.05, 3.63) is 73.1 Å². The van der Waals surface area contributed by atoms with E-state index in [4.69, 9.17) is 0 Å². The van der Waals surface area contributed by atoms with Crippen LogP contribution in [0.3, 0.4) is 0 Å². The molecule has 1 saturated heterocycles. The van der Waals surface area contributed by atoms with Crippen molar-refractivity contribution in [2.24, 2.45) is 5.92 Å². The molecule has 1 aliphatic rings. The van der Waals surface area contributed by atoms with Crippen LogP contribution in [-0.4, -0.2) is 48.3 Å². The van der Waals surface area contributed by atoms with E-state index in [1.165, 1.54) is 36.7 Å². The van der Waals surface area contributed by atoms with E-state index in [-0.39, 0.29) is 28.7 Å². The largest absolute Gasteiger partial charge is 0.326 e. The topological polar surface area (TPSA) is 133 Å². The van der Waals surface area contributed by atoms with Gasteiger partial charge in [0.25, 0.3) is 10.0 Å². The molecule has 1 aliphatic heterocycles. The van der Waals surface area contributed by atoms with Gasteiger partial charge in [0.15, 0.2) is 0 Å². The molecule has 0 radical (unpaired) electrons. The number of urea groups is 1. The maximum absolute atomic E-state index is 12.8. The number of nitrogens with zero attached hydrogens (tertiary/aromatic N) is 3. The van der Waals surface area contributed by atoms with Gasteiger partial charge in [-0.3, -0.25) is 4.79 Å². The highest BCUT2D eigenvalue weighted by atomic mass is 32.2. The Bertz CT molecular complexity index is 1240. The van der Waals surface area contributed by atoms with Crippen molar-refractivity contribution < 1.29 is 18.0 Å². The number of likely N-dealkylation sites (tertiary alicyclic amines) is 1. The van der Waals surface area contributed by atoms with Gasteiger partial charge in [0.1, 0.15) is 0 Å². The minimum atomic E-state index is -3.86. The standard InChI is InChI=1S/C23H24N6O4S/c30-21(17-6-4-15-29(16-17)23(31)27-18-7-2-1-3-8-18)26-19-9-11-20(12-10-19)34(32,33)28-22-24-13-5-14-25-22/h1-3,5,7-14,17H,4,6,15-16H2,(H,26,30)(H,27,31)(H,24,25,28). The zero-order chi connectivity index (χ0) is 24.0. The molecule has 176 valence electrons. The van der Waals surface area contributed by atoms with Crippen LogP contribution in [0.15, 0.2) is 78.0 Å². The van der Waals surface area contributed by atoms with Crippen molar-refractivity contribution in [1.29, 1.82) is 0 Å². The fraction of sp³-hybridized carbons (Fsp3) is 0.217. The van der Waals surface area contributed by atoms with Gasteiger partial charge in [0.2, 0.25) is 11.9 Å². The number of rotatable bonds is 6. The van der Waals surface area contributed by atoms with Crippen LogP contribution in [0.2, 0.25) is 0 Å². The zero-order valence-corrected chi connectivity index (χ0v) is 19.0. The van der Waals surface area contributed by atoms with Crippen LogP contribution in [0, 0.1) is 5.92 Å². The number of sulfonamides is 1. The molecular formula is C23H24N6O4S. The number of amides is 3. The van der Waals surface area contributed by atoms with Crippen LogP contribution in [0.1, 0.15) is 12.8 Å². The van der Waals surface area contributed by atoms with E-state index >= 15 is 0 Å². The van der Waals surface area contributed by atoms with Crippen LogP contribution in [0.25, 0.3) is 0 Å². The summed E-state index contributed by atoms with van der Waals surface area (Å²) in [6.45, 7) is 0.880. The Hall–Kier alpha value is -3.99. The molecule has 34 heavy (non-hydrogen) atoms. The van der Waals surface area contributed by atoms with E-state index in [1.807, 2.05) is 18.2 Å². The first-order valence-electron chi connectivity index (χ1n) is 10.7. The van der Waals surface area contributed by atoms with E-state index in [2.05, 4.69) is 25.3 Å². The van der Waals surface area contributed by atoms with Crippen LogP contribution in [-0.2, 0) is 14.8 Å². The van der Waals surface area contributed by atoms with Gasteiger partial charge in [-0.2, -0.15) is 0 Å². The summed E-state index contributed by atoms with van der Waals surface area (Å²) in [6, 6.07) is 16.3. The highest BCUT2D eigenvalue weighted by molar-refractivity contribution is 7.92. The maximum atomic E-state index is 12.8. The van der Waals surface area contributed by atoms with E-state index in [9.17, 15) is 18.0 Å². The Morgan fingerprint density at radius 1 is 0.882 bits per heavy atom. The number of para-hydroxylation sites is 1. The average Bonchev–Trinajstić information content (AvgIpc) is 2.85. The molecule has 2 heterocycles. The number of carbonyl (C=O) groups excluding carboxylic acids is 2. The number of nitrogens with one attached hydrogen (secondary N) is 3. The number of carbonyl (C=O) groups is 2. The molecule has 1 unspecified atom stereocenters. The van der Waals surface area contributed by atoms with Crippen LogP contribution >= 0.6 is 0 Å². The van der Waals surface area contributed by atoms with E-state index in [0.29, 0.717) is 37.3 Å². The second kappa shape index (κ2) is 10.3. The molecule has 0 saturated carbocycles. The van der Waals surface area contributed by atoms with Gasteiger partial charge >= 0.3 is 6.03 Å². The van der Waals surface area contributed by atoms with Crippen molar-refractivity contribution >= 4 is 39.3 Å². The van der Waals surface area contributed by atoms with E-state index in [1.54, 1.807) is 23.1 Å². The van der Waals surface area contributed by atoms with Gasteiger partial charge in [0.05, 0.1) is 10.8 Å². The number of benzene rings is 2. The molecule has 3 aromatic rings. The molecule has 1 aromatic heterocycles. The molecule has 0 spiro atoms. The molecule has 1 fully saturated rings. The summed E-state index contributed by atoms with van der Waals surface area (Å²) >= 11 is 0. The lowest BCUT2D eigenvalue weighted by Crippen LogP contribution is -2.45. The van der Waals surface area contributed by atoms with Crippen molar-refractivity contribution in [1.82, 2.24) is 14.9 Å². The third-order valence-corrected chi connectivity index (χ3v) is 6.67. The number of hydrogen-bond acceptors (Lipinski definition) is 6. The fourth-order valence-electron chi connectivity index (χ4n) is 3.59. The first kappa shape index (κ1) is 23.2. The van der Waals surface area contributed by atoms with Gasteiger partial charge in [0, 0.05) is 36.9 Å². The van der Waals surface area contributed by atoms with Gasteiger partial charge in [-0.1, -0.05) is 18.2 Å². The SMILES string of the molecule is O=C(Nc1ccc(S(=O)(=O)Nc2ncccn2)cc1)C1CCCN(C(=O)Nc2ccccc2)C1. The highest BCUT2D eigenvalue weighted by Gasteiger charge is 2.28. The Labute approximate surface area is 197 Å². The molecule has 1 atom stereocenters. The molecule has 10 nitrogen and oxygen atoms in total. The zero-order valence-electron chi connectivity index (χ0n) is 18.2. The minimum Gasteiger partial charge on any atom is -0.326 e. The van der Waals surface area contributed by atoms with Crippen molar-refractivity contribution in [2.75, 3.05) is 28.4 Å². The molecule has 0 aliphatic carbocycles. The summed E-state index contributed by atoms with van der Waals surface area (Å²) in [5, 5.41) is 5.65. The maximum Gasteiger partial charge on any atom is 0.321 e. The summed E-state index contributed by atoms with van der Waals surface area (Å²) < 4.78 is 27.3. The number of anilines is 3. The Morgan fingerprint density at radius 3 is 2.26 bits per heavy atom. The minimum absolute atomic E-state index is 0.0133. The highest BCUT2D eigenvalue weighted by Crippen LogP contribution is 2.21. The molecule has 3 amide bonds. The Balaban J connectivity index is 1.34. The molecule has 2 aromatic carbocycles. The monoisotopic (exact) mass is 480 g/mol. The second-order valence-electron chi connectivity index (χ2n) is 7.77. The summed E-state index contributed by atoms with van der Waals surface area (Å²) in [6.07, 6.45) is 4.24.